The van der Waals surface area contributed by atoms with Crippen LogP contribution in [0.25, 0.3) is 10.8 Å². The highest BCUT2D eigenvalue weighted by atomic mass is 32.2. The molecule has 0 bridgehead atoms. The number of anilines is 2. The number of carbonyl (C=O) groups excluding carboxylic acids is 1. The van der Waals surface area contributed by atoms with Crippen molar-refractivity contribution in [1.29, 1.82) is 0 Å². The lowest BCUT2D eigenvalue weighted by atomic mass is 10.1. The van der Waals surface area contributed by atoms with Gasteiger partial charge in [0.15, 0.2) is 0 Å². The Balaban J connectivity index is 1.63. The van der Waals surface area contributed by atoms with Crippen molar-refractivity contribution in [2.75, 3.05) is 43.4 Å². The van der Waals surface area contributed by atoms with E-state index in [1.165, 1.54) is 0 Å². The molecule has 1 heterocycles. The first-order valence-electron chi connectivity index (χ1n) is 9.57. The molecule has 0 unspecified atom stereocenters. The van der Waals surface area contributed by atoms with Crippen LogP contribution in [-0.4, -0.2) is 53.0 Å². The molecule has 30 heavy (non-hydrogen) atoms. The first-order chi connectivity index (χ1) is 14.3. The number of likely N-dealkylation sites (N-methyl/N-ethyl adjacent to an activating group) is 1. The van der Waals surface area contributed by atoms with E-state index in [1.807, 2.05) is 38.4 Å². The Bertz CT molecular complexity index is 1210. The van der Waals surface area contributed by atoms with E-state index in [2.05, 4.69) is 4.72 Å². The average Bonchev–Trinajstić information content (AvgIpc) is 2.72. The van der Waals surface area contributed by atoms with Gasteiger partial charge in [0, 0.05) is 0 Å². The van der Waals surface area contributed by atoms with Crippen molar-refractivity contribution in [2.45, 2.75) is 4.90 Å². The summed E-state index contributed by atoms with van der Waals surface area (Å²) in [7, 11) is -0.137. The first-order valence-corrected chi connectivity index (χ1v) is 11.1. The van der Waals surface area contributed by atoms with Crippen molar-refractivity contribution in [3.63, 3.8) is 0 Å². The van der Waals surface area contributed by atoms with Gasteiger partial charge in [-0.1, -0.05) is 30.3 Å². The zero-order valence-electron chi connectivity index (χ0n) is 16.8. The maximum absolute atomic E-state index is 12.9. The maximum atomic E-state index is 12.9. The van der Waals surface area contributed by atoms with Gasteiger partial charge in [0.05, 0.1) is 29.4 Å². The quantitative estimate of drug-likeness (QED) is 0.680. The molecule has 1 aliphatic rings. The minimum Gasteiger partial charge on any atom is -0.490 e. The highest BCUT2D eigenvalue weighted by Gasteiger charge is 2.25. The van der Waals surface area contributed by atoms with Gasteiger partial charge in [0.25, 0.3) is 10.0 Å². The zero-order valence-corrected chi connectivity index (χ0v) is 17.6. The Labute approximate surface area is 175 Å². The van der Waals surface area contributed by atoms with E-state index in [-0.39, 0.29) is 17.3 Å². The second-order valence-corrected chi connectivity index (χ2v) is 9.11. The molecule has 1 N–H and O–H groups in total. The molecule has 1 aliphatic heterocycles. The molecule has 0 radical (unpaired) electrons. The van der Waals surface area contributed by atoms with Gasteiger partial charge in [-0.25, -0.2) is 8.42 Å². The minimum absolute atomic E-state index is 0.0703. The van der Waals surface area contributed by atoms with Crippen molar-refractivity contribution in [3.05, 3.63) is 60.7 Å². The number of hydrogen-bond donors (Lipinski definition) is 1. The maximum Gasteiger partial charge on any atom is 0.261 e. The van der Waals surface area contributed by atoms with Crippen LogP contribution in [-0.2, 0) is 14.8 Å². The topological polar surface area (TPSA) is 79.0 Å². The Morgan fingerprint density at radius 2 is 1.83 bits per heavy atom. The molecule has 0 saturated carbocycles. The lowest BCUT2D eigenvalue weighted by molar-refractivity contribution is -0.119. The van der Waals surface area contributed by atoms with Crippen molar-refractivity contribution in [3.8, 4) is 5.75 Å². The molecule has 0 aliphatic carbocycles. The number of ether oxygens (including phenoxy) is 1. The molecule has 4 rings (SSSR count). The SMILES string of the molecule is CN(C)CC(=O)N1CCOc2ccc(NS(=O)(=O)c3ccc4ccccc4c3)cc21. The molecule has 3 aromatic rings. The molecule has 0 aromatic heterocycles. The standard InChI is InChI=1S/C22H23N3O4S/c1-24(2)15-22(26)25-11-12-29-21-10-8-18(14-20(21)25)23-30(27,28)19-9-7-16-5-3-4-6-17(16)13-19/h3-10,13-14,23H,11-12,15H2,1-2H3. The van der Waals surface area contributed by atoms with Crippen LogP contribution in [0.1, 0.15) is 0 Å². The molecule has 1 amide bonds. The van der Waals surface area contributed by atoms with Crippen molar-refractivity contribution in [1.82, 2.24) is 4.90 Å². The molecule has 0 fully saturated rings. The summed E-state index contributed by atoms with van der Waals surface area (Å²) in [5, 5.41) is 1.82. The summed E-state index contributed by atoms with van der Waals surface area (Å²) in [6.45, 7) is 1.07. The van der Waals surface area contributed by atoms with Crippen LogP contribution in [0.5, 0.6) is 5.75 Å². The highest BCUT2D eigenvalue weighted by molar-refractivity contribution is 7.92. The van der Waals surface area contributed by atoms with Crippen LogP contribution < -0.4 is 14.4 Å². The Morgan fingerprint density at radius 3 is 2.60 bits per heavy atom. The van der Waals surface area contributed by atoms with E-state index in [1.54, 1.807) is 46.2 Å². The zero-order chi connectivity index (χ0) is 21.3. The number of benzene rings is 3. The summed E-state index contributed by atoms with van der Waals surface area (Å²) in [6, 6.07) is 17.6. The Morgan fingerprint density at radius 1 is 1.07 bits per heavy atom. The van der Waals surface area contributed by atoms with Crippen molar-refractivity contribution < 1.29 is 17.9 Å². The molecular weight excluding hydrogens is 402 g/mol. The van der Waals surface area contributed by atoms with Gasteiger partial charge in [0.2, 0.25) is 5.91 Å². The first kappa shape index (κ1) is 20.2. The number of hydrogen-bond acceptors (Lipinski definition) is 5. The third-order valence-corrected chi connectivity index (χ3v) is 6.24. The average molecular weight is 426 g/mol. The van der Waals surface area contributed by atoms with Crippen molar-refractivity contribution in [2.24, 2.45) is 0 Å². The van der Waals surface area contributed by atoms with Crippen LogP contribution in [0.4, 0.5) is 11.4 Å². The van der Waals surface area contributed by atoms with E-state index in [4.69, 9.17) is 4.74 Å². The lowest BCUT2D eigenvalue weighted by Gasteiger charge is -2.30. The van der Waals surface area contributed by atoms with Gasteiger partial charge in [-0.3, -0.25) is 9.52 Å². The second kappa shape index (κ2) is 7.97. The normalized spacial score (nSPS) is 13.8. The number of nitrogens with zero attached hydrogens (tertiary/aromatic N) is 2. The summed E-state index contributed by atoms with van der Waals surface area (Å²) < 4.78 is 34.1. The highest BCUT2D eigenvalue weighted by Crippen LogP contribution is 2.35. The van der Waals surface area contributed by atoms with Crippen LogP contribution in [0, 0.1) is 0 Å². The molecule has 0 spiro atoms. The number of carbonyl (C=O) groups is 1. The van der Waals surface area contributed by atoms with Gasteiger partial charge in [0.1, 0.15) is 12.4 Å². The summed E-state index contributed by atoms with van der Waals surface area (Å²) in [5.41, 5.74) is 0.932. The van der Waals surface area contributed by atoms with Crippen LogP contribution >= 0.6 is 0 Å². The third-order valence-electron chi connectivity index (χ3n) is 4.86. The lowest BCUT2D eigenvalue weighted by Crippen LogP contribution is -2.42. The number of sulfonamides is 1. The van der Waals surface area contributed by atoms with E-state index in [0.717, 1.165) is 10.8 Å². The second-order valence-electron chi connectivity index (χ2n) is 7.43. The number of amides is 1. The fraction of sp³-hybridized carbons (Fsp3) is 0.227. The van der Waals surface area contributed by atoms with Crippen LogP contribution in [0.2, 0.25) is 0 Å². The Kier molecular flexibility index (Phi) is 5.36. The van der Waals surface area contributed by atoms with Crippen LogP contribution in [0.15, 0.2) is 65.6 Å². The minimum atomic E-state index is -3.79. The predicted octanol–water partition coefficient (Wildman–Crippen LogP) is 2.93. The van der Waals surface area contributed by atoms with E-state index < -0.39 is 10.0 Å². The molecule has 8 heteroatoms. The smallest absolute Gasteiger partial charge is 0.261 e. The van der Waals surface area contributed by atoms with E-state index >= 15 is 0 Å². The monoisotopic (exact) mass is 425 g/mol. The fourth-order valence-electron chi connectivity index (χ4n) is 3.44. The van der Waals surface area contributed by atoms with Crippen LogP contribution in [0.3, 0.4) is 0 Å². The summed E-state index contributed by atoms with van der Waals surface area (Å²) in [4.78, 5) is 16.2. The Hall–Kier alpha value is -3.10. The predicted molar refractivity (Wildman–Crippen MR) is 118 cm³/mol. The van der Waals surface area contributed by atoms with Gasteiger partial charge >= 0.3 is 0 Å². The largest absolute Gasteiger partial charge is 0.490 e. The van der Waals surface area contributed by atoms with Gasteiger partial charge in [-0.2, -0.15) is 0 Å². The number of rotatable bonds is 5. The van der Waals surface area contributed by atoms with E-state index in [9.17, 15) is 13.2 Å². The molecular formula is C22H23N3O4S. The third kappa shape index (κ3) is 4.10. The molecule has 3 aromatic carbocycles. The summed E-state index contributed by atoms with van der Waals surface area (Å²) >= 11 is 0. The molecule has 7 nitrogen and oxygen atoms in total. The van der Waals surface area contributed by atoms with Gasteiger partial charge in [-0.15, -0.1) is 0 Å². The fourth-order valence-corrected chi connectivity index (χ4v) is 4.53. The molecule has 0 saturated heterocycles. The van der Waals surface area contributed by atoms with Crippen molar-refractivity contribution >= 4 is 38.1 Å². The van der Waals surface area contributed by atoms with E-state index in [0.29, 0.717) is 30.3 Å². The van der Waals surface area contributed by atoms with Gasteiger partial charge < -0.3 is 14.5 Å². The molecule has 0 atom stereocenters. The number of nitrogens with one attached hydrogen (secondary N) is 1. The van der Waals surface area contributed by atoms with Gasteiger partial charge in [-0.05, 0) is 55.2 Å². The molecule has 156 valence electrons. The number of fused-ring (bicyclic) bond motifs is 2. The summed E-state index contributed by atoms with van der Waals surface area (Å²) in [5.74, 6) is 0.487. The summed E-state index contributed by atoms with van der Waals surface area (Å²) in [6.07, 6.45) is 0.